The molecule has 0 aliphatic heterocycles. The lowest BCUT2D eigenvalue weighted by atomic mass is 9.88. The Morgan fingerprint density at radius 2 is 2.00 bits per heavy atom. The van der Waals surface area contributed by atoms with Crippen molar-refractivity contribution in [3.05, 3.63) is 65.5 Å². The monoisotopic (exact) mass is 428 g/mol. The van der Waals surface area contributed by atoms with Gasteiger partial charge in [0.15, 0.2) is 4.34 Å². The van der Waals surface area contributed by atoms with Gasteiger partial charge in [0.2, 0.25) is 11.0 Å². The van der Waals surface area contributed by atoms with E-state index in [0.29, 0.717) is 15.2 Å². The number of aryl methyl sites for hydroxylation is 1. The summed E-state index contributed by atoms with van der Waals surface area (Å²) in [6, 6.07) is 14.8. The van der Waals surface area contributed by atoms with Gasteiger partial charge in [-0.1, -0.05) is 59.5 Å². The molecule has 0 radical (unpaired) electrons. The van der Waals surface area contributed by atoms with Crippen LogP contribution in [0.25, 0.3) is 0 Å². The number of rotatable bonds is 6. The first-order chi connectivity index (χ1) is 14.1. The van der Waals surface area contributed by atoms with Crippen LogP contribution in [0.5, 0.6) is 0 Å². The van der Waals surface area contributed by atoms with Gasteiger partial charge in [-0.3, -0.25) is 4.79 Å². The zero-order chi connectivity index (χ0) is 20.2. The van der Waals surface area contributed by atoms with E-state index in [9.17, 15) is 9.18 Å². The van der Waals surface area contributed by atoms with Crippen molar-refractivity contribution in [1.29, 1.82) is 0 Å². The zero-order valence-corrected chi connectivity index (χ0v) is 17.5. The molecule has 1 aromatic heterocycles. The van der Waals surface area contributed by atoms with E-state index in [1.165, 1.54) is 40.3 Å². The maximum Gasteiger partial charge on any atom is 0.233 e. The van der Waals surface area contributed by atoms with Crippen LogP contribution in [0.4, 0.5) is 15.2 Å². The Balaban J connectivity index is 1.36. The van der Waals surface area contributed by atoms with E-state index in [2.05, 4.69) is 33.0 Å². The molecule has 1 amide bonds. The van der Waals surface area contributed by atoms with Gasteiger partial charge in [-0.05, 0) is 49.4 Å². The number of fused-ring (bicyclic) bond motifs is 1. The average molecular weight is 429 g/mol. The van der Waals surface area contributed by atoms with Gasteiger partial charge in [0.05, 0.1) is 17.0 Å². The summed E-state index contributed by atoms with van der Waals surface area (Å²) in [5.41, 5.74) is 2.89. The summed E-state index contributed by atoms with van der Waals surface area (Å²) in [4.78, 5) is 12.7. The third-order valence-corrected chi connectivity index (χ3v) is 6.88. The number of thioether (sulfide) groups is 1. The van der Waals surface area contributed by atoms with Crippen LogP contribution < -0.4 is 10.6 Å². The van der Waals surface area contributed by atoms with Crippen LogP contribution in [0, 0.1) is 5.82 Å². The summed E-state index contributed by atoms with van der Waals surface area (Å²) >= 11 is 2.66. The number of carbonyl (C=O) groups is 1. The highest BCUT2D eigenvalue weighted by Crippen LogP contribution is 2.33. The number of aromatic nitrogens is 2. The largest absolute Gasteiger partial charge is 0.348 e. The molecule has 0 saturated carbocycles. The number of halogens is 1. The lowest BCUT2D eigenvalue weighted by Gasteiger charge is -2.27. The molecule has 2 aromatic carbocycles. The summed E-state index contributed by atoms with van der Waals surface area (Å²) in [7, 11) is 0. The third-order valence-electron chi connectivity index (χ3n) is 4.85. The fourth-order valence-corrected chi connectivity index (χ4v) is 5.30. The van der Waals surface area contributed by atoms with Crippen LogP contribution in [0.1, 0.15) is 36.9 Å². The first kappa shape index (κ1) is 19.8. The Morgan fingerprint density at radius 3 is 2.86 bits per heavy atom. The van der Waals surface area contributed by atoms with Crippen LogP contribution >= 0.6 is 23.1 Å². The van der Waals surface area contributed by atoms with Crippen LogP contribution in [0.15, 0.2) is 52.9 Å². The van der Waals surface area contributed by atoms with Crippen molar-refractivity contribution < 1.29 is 9.18 Å². The molecule has 1 aliphatic rings. The SMILES string of the molecule is C[C@H](Sc1nnc(Nc2ccccc2F)s1)C(=O)N[C@H]1CCCc2ccccc21. The van der Waals surface area contributed by atoms with Gasteiger partial charge in [0.1, 0.15) is 5.82 Å². The first-order valence-electron chi connectivity index (χ1n) is 9.50. The first-order valence-corrected chi connectivity index (χ1v) is 11.2. The Labute approximate surface area is 177 Å². The molecule has 4 rings (SSSR count). The van der Waals surface area contributed by atoms with E-state index in [-0.39, 0.29) is 23.0 Å². The Kier molecular flexibility index (Phi) is 6.10. The fraction of sp³-hybridized carbons (Fsp3) is 0.286. The molecule has 0 fully saturated rings. The van der Waals surface area contributed by atoms with Crippen molar-refractivity contribution >= 4 is 39.8 Å². The Morgan fingerprint density at radius 1 is 1.21 bits per heavy atom. The number of para-hydroxylation sites is 1. The molecule has 1 heterocycles. The molecule has 2 N–H and O–H groups in total. The number of hydrogen-bond donors (Lipinski definition) is 2. The third kappa shape index (κ3) is 4.76. The fourth-order valence-electron chi connectivity index (χ4n) is 3.38. The van der Waals surface area contributed by atoms with Crippen molar-refractivity contribution in [2.45, 2.75) is 41.8 Å². The molecule has 0 bridgehead atoms. The maximum atomic E-state index is 13.8. The minimum Gasteiger partial charge on any atom is -0.348 e. The standard InChI is InChI=1S/C21H21FN4OS2/c1-13(19(27)23-17-12-6-8-14-7-2-3-9-15(14)17)28-21-26-25-20(29-21)24-18-11-5-4-10-16(18)22/h2-5,7,9-11,13,17H,6,8,12H2,1H3,(H,23,27)(H,24,25)/t13-,17-/m0/s1. The van der Waals surface area contributed by atoms with Crippen molar-refractivity contribution in [1.82, 2.24) is 15.5 Å². The summed E-state index contributed by atoms with van der Waals surface area (Å²) in [6.45, 7) is 1.86. The molecule has 0 unspecified atom stereocenters. The maximum absolute atomic E-state index is 13.8. The van der Waals surface area contributed by atoms with E-state index in [1.807, 2.05) is 19.1 Å². The van der Waals surface area contributed by atoms with E-state index < -0.39 is 0 Å². The van der Waals surface area contributed by atoms with Crippen molar-refractivity contribution in [2.24, 2.45) is 0 Å². The number of nitrogens with one attached hydrogen (secondary N) is 2. The summed E-state index contributed by atoms with van der Waals surface area (Å²) in [6.07, 6.45) is 3.09. The van der Waals surface area contributed by atoms with E-state index in [1.54, 1.807) is 18.2 Å². The van der Waals surface area contributed by atoms with Crippen LogP contribution in [-0.4, -0.2) is 21.4 Å². The topological polar surface area (TPSA) is 66.9 Å². The molecule has 2 atom stereocenters. The van der Waals surface area contributed by atoms with E-state index in [4.69, 9.17) is 0 Å². The summed E-state index contributed by atoms with van der Waals surface area (Å²) < 4.78 is 14.4. The predicted octanol–water partition coefficient (Wildman–Crippen LogP) is 5.10. The van der Waals surface area contributed by atoms with Crippen LogP contribution in [0.2, 0.25) is 0 Å². The molecule has 150 valence electrons. The molecular formula is C21H21FN4OS2. The van der Waals surface area contributed by atoms with E-state index in [0.717, 1.165) is 19.3 Å². The second-order valence-electron chi connectivity index (χ2n) is 6.89. The second-order valence-corrected chi connectivity index (χ2v) is 9.46. The lowest BCUT2D eigenvalue weighted by molar-refractivity contribution is -0.121. The quantitative estimate of drug-likeness (QED) is 0.535. The Bertz CT molecular complexity index is 1010. The van der Waals surface area contributed by atoms with Crippen LogP contribution in [-0.2, 0) is 11.2 Å². The Hall–Kier alpha value is -2.45. The molecular weight excluding hydrogens is 407 g/mol. The molecule has 3 aromatic rings. The summed E-state index contributed by atoms with van der Waals surface area (Å²) in [5.74, 6) is -0.368. The molecule has 8 heteroatoms. The van der Waals surface area contributed by atoms with Crippen molar-refractivity contribution in [2.75, 3.05) is 5.32 Å². The van der Waals surface area contributed by atoms with Crippen molar-refractivity contribution in [3.63, 3.8) is 0 Å². The highest BCUT2D eigenvalue weighted by molar-refractivity contribution is 8.02. The lowest BCUT2D eigenvalue weighted by Crippen LogP contribution is -2.35. The number of carbonyl (C=O) groups excluding carboxylic acids is 1. The van der Waals surface area contributed by atoms with Gasteiger partial charge in [-0.15, -0.1) is 10.2 Å². The minimum absolute atomic E-state index is 0.0180. The number of benzene rings is 2. The highest BCUT2D eigenvalue weighted by atomic mass is 32.2. The average Bonchev–Trinajstić information content (AvgIpc) is 3.17. The predicted molar refractivity (Wildman–Crippen MR) is 115 cm³/mol. The van der Waals surface area contributed by atoms with Crippen molar-refractivity contribution in [3.8, 4) is 0 Å². The number of amides is 1. The smallest absolute Gasteiger partial charge is 0.233 e. The molecule has 29 heavy (non-hydrogen) atoms. The number of nitrogens with zero attached hydrogens (tertiary/aromatic N) is 2. The molecule has 0 spiro atoms. The van der Waals surface area contributed by atoms with E-state index >= 15 is 0 Å². The summed E-state index contributed by atoms with van der Waals surface area (Å²) in [5, 5.41) is 14.5. The van der Waals surface area contributed by atoms with Gasteiger partial charge in [0, 0.05) is 0 Å². The van der Waals surface area contributed by atoms with Gasteiger partial charge >= 0.3 is 0 Å². The number of hydrogen-bond acceptors (Lipinski definition) is 6. The normalized spacial score (nSPS) is 16.7. The van der Waals surface area contributed by atoms with Gasteiger partial charge < -0.3 is 10.6 Å². The van der Waals surface area contributed by atoms with Gasteiger partial charge in [-0.2, -0.15) is 0 Å². The van der Waals surface area contributed by atoms with Crippen LogP contribution in [0.3, 0.4) is 0 Å². The zero-order valence-electron chi connectivity index (χ0n) is 15.9. The minimum atomic E-state index is -0.350. The molecule has 1 aliphatic carbocycles. The van der Waals surface area contributed by atoms with Gasteiger partial charge in [0.25, 0.3) is 0 Å². The molecule has 5 nitrogen and oxygen atoms in total. The highest BCUT2D eigenvalue weighted by Gasteiger charge is 2.24. The number of anilines is 2. The van der Waals surface area contributed by atoms with Gasteiger partial charge in [-0.25, -0.2) is 4.39 Å². The second kappa shape index (κ2) is 8.92. The molecule has 0 saturated heterocycles.